The monoisotopic (exact) mass is 490 g/mol. The SMILES string of the molecule is CCc1nnc2sc(-c3ccc(C)c(NC(=S)NC(=O)C=Cc4ccc(C(C)C)cc4)c3)nn12. The van der Waals surface area contributed by atoms with E-state index in [4.69, 9.17) is 12.2 Å². The van der Waals surface area contributed by atoms with Gasteiger partial charge in [-0.25, -0.2) is 0 Å². The Labute approximate surface area is 207 Å². The van der Waals surface area contributed by atoms with Crippen LogP contribution in [0.3, 0.4) is 0 Å². The Bertz CT molecular complexity index is 1370. The summed E-state index contributed by atoms with van der Waals surface area (Å²) in [6, 6.07) is 14.1. The zero-order chi connectivity index (χ0) is 24.2. The molecule has 34 heavy (non-hydrogen) atoms. The minimum absolute atomic E-state index is 0.233. The fourth-order valence-electron chi connectivity index (χ4n) is 3.36. The Balaban J connectivity index is 1.42. The Morgan fingerprint density at radius 1 is 1.18 bits per heavy atom. The molecule has 0 saturated heterocycles. The van der Waals surface area contributed by atoms with E-state index in [0.29, 0.717) is 5.92 Å². The van der Waals surface area contributed by atoms with Gasteiger partial charge in [-0.1, -0.05) is 68.5 Å². The second kappa shape index (κ2) is 10.2. The summed E-state index contributed by atoms with van der Waals surface area (Å²) in [7, 11) is 0. The van der Waals surface area contributed by atoms with Gasteiger partial charge in [-0.2, -0.15) is 9.61 Å². The molecule has 0 aliphatic rings. The Kier molecular flexibility index (Phi) is 7.14. The standard InChI is InChI=1S/C25H26N6OS2/c1-5-21-28-29-25-31(21)30-23(34-25)19-10-6-16(4)20(14-19)26-24(33)27-22(32)13-9-17-7-11-18(12-8-17)15(2)3/h6-15H,5H2,1-4H3,(H2,26,27,32,33). The van der Waals surface area contributed by atoms with Crippen LogP contribution in [0.1, 0.15) is 49.2 Å². The Hall–Kier alpha value is -3.43. The summed E-state index contributed by atoms with van der Waals surface area (Å²) in [6.07, 6.45) is 4.01. The number of benzene rings is 2. The molecule has 1 amide bonds. The highest BCUT2D eigenvalue weighted by Gasteiger charge is 2.13. The molecule has 9 heteroatoms. The van der Waals surface area contributed by atoms with Crippen LogP contribution in [0, 0.1) is 6.92 Å². The third-order valence-electron chi connectivity index (χ3n) is 5.37. The summed E-state index contributed by atoms with van der Waals surface area (Å²) < 4.78 is 1.78. The first-order valence-electron chi connectivity index (χ1n) is 11.1. The van der Waals surface area contributed by atoms with Gasteiger partial charge < -0.3 is 5.32 Å². The lowest BCUT2D eigenvalue weighted by molar-refractivity contribution is -0.115. The van der Waals surface area contributed by atoms with Crippen LogP contribution in [-0.4, -0.2) is 30.8 Å². The summed E-state index contributed by atoms with van der Waals surface area (Å²) in [6.45, 7) is 8.30. The average molecular weight is 491 g/mol. The number of anilines is 1. The number of amides is 1. The zero-order valence-electron chi connectivity index (χ0n) is 19.5. The van der Waals surface area contributed by atoms with Gasteiger partial charge in [-0.3, -0.25) is 10.1 Å². The predicted molar refractivity (Wildman–Crippen MR) is 142 cm³/mol. The number of nitrogens with zero attached hydrogens (tertiary/aromatic N) is 4. The molecule has 0 unspecified atom stereocenters. The van der Waals surface area contributed by atoms with Crippen LogP contribution in [0.5, 0.6) is 0 Å². The summed E-state index contributed by atoms with van der Waals surface area (Å²) in [5, 5.41) is 19.9. The van der Waals surface area contributed by atoms with Crippen LogP contribution in [0.15, 0.2) is 48.5 Å². The largest absolute Gasteiger partial charge is 0.332 e. The molecule has 0 bridgehead atoms. The maximum Gasteiger partial charge on any atom is 0.250 e. The van der Waals surface area contributed by atoms with Crippen LogP contribution < -0.4 is 10.6 Å². The minimum Gasteiger partial charge on any atom is -0.332 e. The van der Waals surface area contributed by atoms with Crippen molar-refractivity contribution in [3.8, 4) is 10.6 Å². The molecule has 0 spiro atoms. The van der Waals surface area contributed by atoms with Gasteiger partial charge in [0, 0.05) is 23.7 Å². The Morgan fingerprint density at radius 3 is 2.65 bits per heavy atom. The van der Waals surface area contributed by atoms with Crippen molar-refractivity contribution in [2.75, 3.05) is 5.32 Å². The van der Waals surface area contributed by atoms with Crippen molar-refractivity contribution < 1.29 is 4.79 Å². The van der Waals surface area contributed by atoms with E-state index in [1.165, 1.54) is 23.0 Å². The van der Waals surface area contributed by atoms with E-state index in [9.17, 15) is 4.79 Å². The van der Waals surface area contributed by atoms with E-state index in [2.05, 4.69) is 51.9 Å². The van der Waals surface area contributed by atoms with Gasteiger partial charge in [0.15, 0.2) is 10.9 Å². The minimum atomic E-state index is -0.292. The molecular formula is C25H26N6OS2. The lowest BCUT2D eigenvalue weighted by Crippen LogP contribution is -2.33. The molecule has 4 aromatic rings. The zero-order valence-corrected chi connectivity index (χ0v) is 21.1. The highest BCUT2D eigenvalue weighted by molar-refractivity contribution is 7.80. The third kappa shape index (κ3) is 5.37. The van der Waals surface area contributed by atoms with Gasteiger partial charge in [0.2, 0.25) is 10.9 Å². The summed E-state index contributed by atoms with van der Waals surface area (Å²) in [5.74, 6) is 1.01. The highest BCUT2D eigenvalue weighted by Crippen LogP contribution is 2.29. The molecule has 174 valence electrons. The molecule has 4 rings (SSSR count). The third-order valence-corrected chi connectivity index (χ3v) is 6.52. The van der Waals surface area contributed by atoms with Gasteiger partial charge >= 0.3 is 0 Å². The number of fused-ring (bicyclic) bond motifs is 1. The molecule has 0 fully saturated rings. The number of rotatable bonds is 6. The quantitative estimate of drug-likeness (QED) is 0.279. The lowest BCUT2D eigenvalue weighted by Gasteiger charge is -2.12. The van der Waals surface area contributed by atoms with E-state index in [-0.39, 0.29) is 11.0 Å². The second-order valence-electron chi connectivity index (χ2n) is 8.20. The molecular weight excluding hydrogens is 464 g/mol. The molecule has 2 heterocycles. The van der Waals surface area contributed by atoms with Crippen molar-refractivity contribution in [3.05, 3.63) is 71.1 Å². The van der Waals surface area contributed by atoms with Crippen LogP contribution in [-0.2, 0) is 11.2 Å². The van der Waals surface area contributed by atoms with Crippen molar-refractivity contribution in [1.29, 1.82) is 0 Å². The fourth-order valence-corrected chi connectivity index (χ4v) is 4.42. The van der Waals surface area contributed by atoms with Crippen molar-refractivity contribution in [2.45, 2.75) is 40.0 Å². The van der Waals surface area contributed by atoms with E-state index in [1.807, 2.05) is 44.2 Å². The molecule has 0 saturated carbocycles. The number of carbonyl (C=O) groups excluding carboxylic acids is 1. The first kappa shape index (κ1) is 23.7. The second-order valence-corrected chi connectivity index (χ2v) is 9.56. The number of carbonyl (C=O) groups is 1. The Morgan fingerprint density at radius 2 is 1.94 bits per heavy atom. The molecule has 7 nitrogen and oxygen atoms in total. The van der Waals surface area contributed by atoms with Gasteiger partial charge in [0.25, 0.3) is 0 Å². The van der Waals surface area contributed by atoms with Crippen LogP contribution in [0.4, 0.5) is 5.69 Å². The molecule has 0 atom stereocenters. The van der Waals surface area contributed by atoms with Gasteiger partial charge in [0.1, 0.15) is 5.01 Å². The van der Waals surface area contributed by atoms with E-state index < -0.39 is 0 Å². The first-order chi connectivity index (χ1) is 16.3. The molecule has 0 radical (unpaired) electrons. The van der Waals surface area contributed by atoms with Crippen molar-refractivity contribution in [1.82, 2.24) is 25.1 Å². The van der Waals surface area contributed by atoms with Gasteiger partial charge in [-0.05, 0) is 53.9 Å². The first-order valence-corrected chi connectivity index (χ1v) is 12.3. The topological polar surface area (TPSA) is 84.2 Å². The van der Waals surface area contributed by atoms with Crippen LogP contribution in [0.25, 0.3) is 21.6 Å². The molecule has 0 aliphatic heterocycles. The number of nitrogens with one attached hydrogen (secondary N) is 2. The van der Waals surface area contributed by atoms with Gasteiger partial charge in [-0.15, -0.1) is 10.2 Å². The highest BCUT2D eigenvalue weighted by atomic mass is 32.1. The maximum absolute atomic E-state index is 12.3. The molecule has 2 N–H and O–H groups in total. The van der Waals surface area contributed by atoms with Crippen molar-refractivity contribution >= 4 is 51.3 Å². The summed E-state index contributed by atoms with van der Waals surface area (Å²) in [4.78, 5) is 13.1. The summed E-state index contributed by atoms with van der Waals surface area (Å²) in [5.41, 5.74) is 4.96. The van der Waals surface area contributed by atoms with E-state index >= 15 is 0 Å². The fraction of sp³-hybridized carbons (Fsp3) is 0.240. The molecule has 2 aromatic heterocycles. The summed E-state index contributed by atoms with van der Waals surface area (Å²) >= 11 is 6.84. The molecule has 2 aromatic carbocycles. The van der Waals surface area contributed by atoms with Crippen LogP contribution in [0.2, 0.25) is 0 Å². The maximum atomic E-state index is 12.3. The number of aryl methyl sites for hydroxylation is 2. The van der Waals surface area contributed by atoms with Crippen molar-refractivity contribution in [3.63, 3.8) is 0 Å². The average Bonchev–Trinajstić information content (AvgIpc) is 3.40. The van der Waals surface area contributed by atoms with Crippen molar-refractivity contribution in [2.24, 2.45) is 0 Å². The van der Waals surface area contributed by atoms with Crippen LogP contribution >= 0.6 is 23.6 Å². The predicted octanol–water partition coefficient (Wildman–Crippen LogP) is 5.37. The van der Waals surface area contributed by atoms with E-state index in [1.54, 1.807) is 10.6 Å². The number of hydrogen-bond donors (Lipinski definition) is 2. The normalized spacial score (nSPS) is 11.4. The van der Waals surface area contributed by atoms with Gasteiger partial charge in [0.05, 0.1) is 0 Å². The number of thiocarbonyl (C=S) groups is 1. The number of hydrogen-bond acceptors (Lipinski definition) is 6. The lowest BCUT2D eigenvalue weighted by atomic mass is 10.0. The van der Waals surface area contributed by atoms with E-state index in [0.717, 1.165) is 44.6 Å². The number of aromatic nitrogens is 4. The molecule has 0 aliphatic carbocycles. The smallest absolute Gasteiger partial charge is 0.250 e.